The standard InChI is InChI=1S/C9H11Cl2NS/c1-5(2)13-9-7(10)3-6(12)4-8(9)11/h3-5H,12H2,1-2H3. The van der Waals surface area contributed by atoms with Crippen molar-refractivity contribution in [3.05, 3.63) is 22.2 Å². The lowest BCUT2D eigenvalue weighted by atomic mass is 10.3. The van der Waals surface area contributed by atoms with Crippen LogP contribution in [-0.2, 0) is 0 Å². The van der Waals surface area contributed by atoms with Crippen molar-refractivity contribution in [3.63, 3.8) is 0 Å². The second-order valence-corrected chi connectivity index (χ2v) is 5.38. The van der Waals surface area contributed by atoms with E-state index in [1.165, 1.54) is 0 Å². The molecule has 1 nitrogen and oxygen atoms in total. The molecule has 1 aromatic rings. The molecule has 0 aliphatic carbocycles. The molecule has 72 valence electrons. The van der Waals surface area contributed by atoms with Gasteiger partial charge in [-0.2, -0.15) is 0 Å². The fraction of sp³-hybridized carbons (Fsp3) is 0.333. The van der Waals surface area contributed by atoms with Gasteiger partial charge in [-0.05, 0) is 12.1 Å². The van der Waals surface area contributed by atoms with Crippen molar-refractivity contribution in [2.45, 2.75) is 24.0 Å². The third-order valence-electron chi connectivity index (χ3n) is 1.37. The molecule has 0 aliphatic rings. The number of hydrogen-bond donors (Lipinski definition) is 1. The summed E-state index contributed by atoms with van der Waals surface area (Å²) in [6.07, 6.45) is 0. The van der Waals surface area contributed by atoms with Crippen LogP contribution in [0.1, 0.15) is 13.8 Å². The molecule has 0 radical (unpaired) electrons. The molecule has 0 atom stereocenters. The van der Waals surface area contributed by atoms with Crippen molar-refractivity contribution in [1.29, 1.82) is 0 Å². The first-order chi connectivity index (χ1) is 6.00. The molecular weight excluding hydrogens is 225 g/mol. The molecule has 4 heteroatoms. The summed E-state index contributed by atoms with van der Waals surface area (Å²) in [5.41, 5.74) is 6.18. The Morgan fingerprint density at radius 1 is 1.23 bits per heavy atom. The van der Waals surface area contributed by atoms with E-state index in [0.717, 1.165) is 4.90 Å². The SMILES string of the molecule is CC(C)Sc1c(Cl)cc(N)cc1Cl. The van der Waals surface area contributed by atoms with Crippen LogP contribution in [0.15, 0.2) is 17.0 Å². The molecule has 0 saturated carbocycles. The van der Waals surface area contributed by atoms with Crippen molar-refractivity contribution in [1.82, 2.24) is 0 Å². The smallest absolute Gasteiger partial charge is 0.0577 e. The van der Waals surface area contributed by atoms with Crippen molar-refractivity contribution >= 4 is 40.7 Å². The van der Waals surface area contributed by atoms with Gasteiger partial charge < -0.3 is 5.73 Å². The van der Waals surface area contributed by atoms with E-state index in [1.54, 1.807) is 23.9 Å². The predicted octanol–water partition coefficient (Wildman–Crippen LogP) is 4.08. The van der Waals surface area contributed by atoms with E-state index in [4.69, 9.17) is 28.9 Å². The maximum absolute atomic E-state index is 5.99. The summed E-state index contributed by atoms with van der Waals surface area (Å²) >= 11 is 13.6. The third-order valence-corrected chi connectivity index (χ3v) is 3.34. The molecule has 0 aliphatic heterocycles. The Hall–Kier alpha value is -0.0500. The lowest BCUT2D eigenvalue weighted by Crippen LogP contribution is -1.90. The van der Waals surface area contributed by atoms with E-state index in [-0.39, 0.29) is 0 Å². The minimum Gasteiger partial charge on any atom is -0.399 e. The second-order valence-electron chi connectivity index (χ2n) is 2.98. The summed E-state index contributed by atoms with van der Waals surface area (Å²) in [7, 11) is 0. The van der Waals surface area contributed by atoms with E-state index < -0.39 is 0 Å². The van der Waals surface area contributed by atoms with E-state index in [9.17, 15) is 0 Å². The molecule has 0 aromatic heterocycles. The molecule has 0 bridgehead atoms. The van der Waals surface area contributed by atoms with Crippen LogP contribution in [0.4, 0.5) is 5.69 Å². The summed E-state index contributed by atoms with van der Waals surface area (Å²) in [5, 5.41) is 1.71. The fourth-order valence-electron chi connectivity index (χ4n) is 0.928. The van der Waals surface area contributed by atoms with Gasteiger partial charge in [-0.1, -0.05) is 37.0 Å². The van der Waals surface area contributed by atoms with Crippen LogP contribution in [0.25, 0.3) is 0 Å². The zero-order chi connectivity index (χ0) is 10.0. The Morgan fingerprint density at radius 3 is 2.08 bits per heavy atom. The Labute approximate surface area is 92.6 Å². The monoisotopic (exact) mass is 235 g/mol. The molecule has 0 spiro atoms. The molecule has 0 saturated heterocycles. The number of nitrogen functional groups attached to an aromatic ring is 1. The first-order valence-corrected chi connectivity index (χ1v) is 5.55. The maximum Gasteiger partial charge on any atom is 0.0577 e. The number of rotatable bonds is 2. The number of hydrogen-bond acceptors (Lipinski definition) is 2. The van der Waals surface area contributed by atoms with Crippen LogP contribution in [0.5, 0.6) is 0 Å². The lowest BCUT2D eigenvalue weighted by molar-refractivity contribution is 1.11. The molecule has 0 fully saturated rings. The summed E-state index contributed by atoms with van der Waals surface area (Å²) < 4.78 is 0. The molecule has 13 heavy (non-hydrogen) atoms. The van der Waals surface area contributed by atoms with Gasteiger partial charge in [-0.15, -0.1) is 11.8 Å². The van der Waals surface area contributed by atoms with Crippen molar-refractivity contribution < 1.29 is 0 Å². The van der Waals surface area contributed by atoms with E-state index in [1.807, 2.05) is 0 Å². The van der Waals surface area contributed by atoms with Gasteiger partial charge in [0, 0.05) is 15.8 Å². The van der Waals surface area contributed by atoms with Gasteiger partial charge in [-0.3, -0.25) is 0 Å². The molecular formula is C9H11Cl2NS. The summed E-state index contributed by atoms with van der Waals surface area (Å²) in [4.78, 5) is 0.910. The summed E-state index contributed by atoms with van der Waals surface area (Å²) in [5.74, 6) is 0. The molecule has 0 unspecified atom stereocenters. The number of anilines is 1. The Morgan fingerprint density at radius 2 is 1.69 bits per heavy atom. The zero-order valence-electron chi connectivity index (χ0n) is 7.47. The average molecular weight is 236 g/mol. The average Bonchev–Trinajstić information content (AvgIpc) is 1.96. The van der Waals surface area contributed by atoms with Gasteiger partial charge in [0.25, 0.3) is 0 Å². The number of thioether (sulfide) groups is 1. The topological polar surface area (TPSA) is 26.0 Å². The van der Waals surface area contributed by atoms with Crippen LogP contribution in [-0.4, -0.2) is 5.25 Å². The number of benzene rings is 1. The van der Waals surface area contributed by atoms with Gasteiger partial charge in [0.2, 0.25) is 0 Å². The minimum atomic E-state index is 0.457. The van der Waals surface area contributed by atoms with Gasteiger partial charge in [0.15, 0.2) is 0 Å². The van der Waals surface area contributed by atoms with Crippen molar-refractivity contribution in [2.75, 3.05) is 5.73 Å². The Kier molecular flexibility index (Phi) is 3.77. The highest BCUT2D eigenvalue weighted by molar-refractivity contribution is 8.00. The molecule has 1 rings (SSSR count). The van der Waals surface area contributed by atoms with Crippen LogP contribution in [0.2, 0.25) is 10.0 Å². The largest absolute Gasteiger partial charge is 0.399 e. The molecule has 0 heterocycles. The fourth-order valence-corrected chi connectivity index (χ4v) is 2.51. The highest BCUT2D eigenvalue weighted by Crippen LogP contribution is 2.37. The quantitative estimate of drug-likeness (QED) is 0.618. The number of halogens is 2. The highest BCUT2D eigenvalue weighted by Gasteiger charge is 2.09. The first-order valence-electron chi connectivity index (χ1n) is 3.92. The summed E-state index contributed by atoms with van der Waals surface area (Å²) in [6, 6.07) is 3.44. The van der Waals surface area contributed by atoms with Crippen LogP contribution in [0.3, 0.4) is 0 Å². The Bertz CT molecular complexity index is 289. The van der Waals surface area contributed by atoms with Crippen LogP contribution < -0.4 is 5.73 Å². The Balaban J connectivity index is 3.06. The van der Waals surface area contributed by atoms with E-state index in [0.29, 0.717) is 21.0 Å². The van der Waals surface area contributed by atoms with E-state index in [2.05, 4.69) is 13.8 Å². The van der Waals surface area contributed by atoms with Gasteiger partial charge >= 0.3 is 0 Å². The zero-order valence-corrected chi connectivity index (χ0v) is 9.80. The first kappa shape index (κ1) is 11.0. The number of nitrogens with two attached hydrogens (primary N) is 1. The van der Waals surface area contributed by atoms with Crippen molar-refractivity contribution in [3.8, 4) is 0 Å². The predicted molar refractivity (Wildman–Crippen MR) is 61.9 cm³/mol. The highest BCUT2D eigenvalue weighted by atomic mass is 35.5. The molecule has 0 amide bonds. The maximum atomic E-state index is 5.99. The third kappa shape index (κ3) is 2.97. The van der Waals surface area contributed by atoms with Crippen molar-refractivity contribution in [2.24, 2.45) is 0 Å². The lowest BCUT2D eigenvalue weighted by Gasteiger charge is -2.09. The normalized spacial score (nSPS) is 10.8. The summed E-state index contributed by atoms with van der Waals surface area (Å²) in [6.45, 7) is 4.18. The second kappa shape index (κ2) is 4.45. The van der Waals surface area contributed by atoms with Crippen LogP contribution in [0, 0.1) is 0 Å². The van der Waals surface area contributed by atoms with Gasteiger partial charge in [0.1, 0.15) is 0 Å². The van der Waals surface area contributed by atoms with Gasteiger partial charge in [0.05, 0.1) is 10.0 Å². The minimum absolute atomic E-state index is 0.457. The molecule has 1 aromatic carbocycles. The van der Waals surface area contributed by atoms with Gasteiger partial charge in [-0.25, -0.2) is 0 Å². The molecule has 2 N–H and O–H groups in total. The van der Waals surface area contributed by atoms with Crippen LogP contribution >= 0.6 is 35.0 Å². The van der Waals surface area contributed by atoms with E-state index >= 15 is 0 Å².